The molecule has 0 bridgehead atoms. The lowest BCUT2D eigenvalue weighted by molar-refractivity contribution is -0.137. The van der Waals surface area contributed by atoms with E-state index >= 15 is 0 Å². The van der Waals surface area contributed by atoms with Gasteiger partial charge in [0.05, 0.1) is 11.9 Å². The molecule has 1 aliphatic heterocycles. The number of unbranched alkanes of at least 4 members (excludes halogenated alkanes) is 4. The number of benzene rings is 1. The van der Waals surface area contributed by atoms with Crippen LogP contribution in [0.4, 0.5) is 0 Å². The summed E-state index contributed by atoms with van der Waals surface area (Å²) in [6, 6.07) is 5.20. The number of rotatable bonds is 16. The highest BCUT2D eigenvalue weighted by atomic mass is 32.2. The second kappa shape index (κ2) is 12.6. The molecule has 1 unspecified atom stereocenters. The third-order valence-electron chi connectivity index (χ3n) is 4.63. The van der Waals surface area contributed by atoms with Crippen LogP contribution in [0.3, 0.4) is 0 Å². The topological polar surface area (TPSA) is 131 Å². The summed E-state index contributed by atoms with van der Waals surface area (Å²) in [5.74, 6) is 1.06. The molecule has 0 saturated heterocycles. The number of nitrogens with one attached hydrogen (secondary N) is 1. The Hall–Kier alpha value is -2.04. The Morgan fingerprint density at radius 2 is 1.87 bits per heavy atom. The normalized spacial score (nSPS) is 13.9. The molecule has 2 rings (SSSR count). The van der Waals surface area contributed by atoms with E-state index in [-0.39, 0.29) is 25.6 Å². The van der Waals surface area contributed by atoms with Crippen LogP contribution < -0.4 is 18.9 Å². The van der Waals surface area contributed by atoms with Crippen molar-refractivity contribution in [2.75, 3.05) is 25.7 Å². The first-order valence-electron chi connectivity index (χ1n) is 10.3. The molecular formula is C20H31NO8S. The lowest BCUT2D eigenvalue weighted by atomic mass is 10.1. The van der Waals surface area contributed by atoms with E-state index in [1.807, 2.05) is 0 Å². The van der Waals surface area contributed by atoms with Gasteiger partial charge in [-0.25, -0.2) is 13.1 Å². The number of aliphatic hydroxyl groups excluding tert-OH is 1. The third-order valence-corrected chi connectivity index (χ3v) is 6.10. The van der Waals surface area contributed by atoms with E-state index in [1.165, 1.54) is 0 Å². The van der Waals surface area contributed by atoms with Crippen LogP contribution in [0.25, 0.3) is 0 Å². The fourth-order valence-electron chi connectivity index (χ4n) is 2.97. The summed E-state index contributed by atoms with van der Waals surface area (Å²) in [5.41, 5.74) is 0. The van der Waals surface area contributed by atoms with Gasteiger partial charge in [0.1, 0.15) is 12.4 Å². The molecule has 0 radical (unpaired) electrons. The van der Waals surface area contributed by atoms with Crippen LogP contribution in [0.5, 0.6) is 17.2 Å². The zero-order valence-electron chi connectivity index (χ0n) is 17.0. The Kier molecular flexibility index (Phi) is 10.2. The second-order valence-electron chi connectivity index (χ2n) is 7.25. The Bertz CT molecular complexity index is 768. The quantitative estimate of drug-likeness (QED) is 0.330. The predicted octanol–water partition coefficient (Wildman–Crippen LogP) is 2.28. The monoisotopic (exact) mass is 445 g/mol. The van der Waals surface area contributed by atoms with Crippen molar-refractivity contribution < 1.29 is 37.6 Å². The highest BCUT2D eigenvalue weighted by Crippen LogP contribution is 2.35. The third kappa shape index (κ3) is 9.64. The minimum Gasteiger partial charge on any atom is -0.491 e. The molecule has 0 aliphatic carbocycles. The second-order valence-corrected chi connectivity index (χ2v) is 9.17. The molecular weight excluding hydrogens is 414 g/mol. The lowest BCUT2D eigenvalue weighted by Gasteiger charge is -2.13. The average molecular weight is 446 g/mol. The molecule has 0 fully saturated rings. The van der Waals surface area contributed by atoms with E-state index in [0.29, 0.717) is 55.9 Å². The van der Waals surface area contributed by atoms with Gasteiger partial charge in [-0.05, 0) is 44.2 Å². The minimum atomic E-state index is -3.33. The summed E-state index contributed by atoms with van der Waals surface area (Å²) in [6.45, 7) is 0.667. The number of hydrogen-bond acceptors (Lipinski definition) is 7. The van der Waals surface area contributed by atoms with Gasteiger partial charge < -0.3 is 24.4 Å². The predicted molar refractivity (Wildman–Crippen MR) is 110 cm³/mol. The zero-order valence-corrected chi connectivity index (χ0v) is 17.9. The van der Waals surface area contributed by atoms with Gasteiger partial charge in [-0.2, -0.15) is 0 Å². The van der Waals surface area contributed by atoms with Gasteiger partial charge in [-0.15, -0.1) is 0 Å². The molecule has 0 amide bonds. The zero-order chi connectivity index (χ0) is 21.8. The maximum atomic E-state index is 12.0. The van der Waals surface area contributed by atoms with Crippen LogP contribution >= 0.6 is 0 Å². The summed E-state index contributed by atoms with van der Waals surface area (Å²) in [7, 11) is -3.33. The minimum absolute atomic E-state index is 0.0156. The maximum absolute atomic E-state index is 12.0. The number of carboxylic acids is 1. The van der Waals surface area contributed by atoms with Crippen molar-refractivity contribution in [2.45, 2.75) is 57.5 Å². The maximum Gasteiger partial charge on any atom is 0.303 e. The standard InChI is InChI=1S/C20H31NO8S/c22-16(14-27-17-9-10-18-19(13-17)29-15-28-18)7-4-6-12-30(25,26)21-11-5-2-1-3-8-20(23)24/h9-10,13,16,21-22H,1-8,11-12,14-15H2,(H,23,24). The van der Waals surface area contributed by atoms with Gasteiger partial charge in [0.2, 0.25) is 16.8 Å². The number of sulfonamides is 1. The number of ether oxygens (including phenoxy) is 3. The van der Waals surface area contributed by atoms with Gasteiger partial charge >= 0.3 is 5.97 Å². The molecule has 1 aliphatic rings. The van der Waals surface area contributed by atoms with Crippen molar-refractivity contribution in [3.63, 3.8) is 0 Å². The van der Waals surface area contributed by atoms with Crippen LogP contribution in [0, 0.1) is 0 Å². The molecule has 1 atom stereocenters. The van der Waals surface area contributed by atoms with Crippen molar-refractivity contribution in [2.24, 2.45) is 0 Å². The molecule has 30 heavy (non-hydrogen) atoms. The lowest BCUT2D eigenvalue weighted by Crippen LogP contribution is -2.27. The van der Waals surface area contributed by atoms with Gasteiger partial charge in [0, 0.05) is 19.0 Å². The first kappa shape index (κ1) is 24.2. The summed E-state index contributed by atoms with van der Waals surface area (Å²) in [5, 5.41) is 18.6. The molecule has 0 spiro atoms. The van der Waals surface area contributed by atoms with Crippen LogP contribution in [0.15, 0.2) is 18.2 Å². The van der Waals surface area contributed by atoms with Crippen LogP contribution in [0.1, 0.15) is 51.4 Å². The smallest absolute Gasteiger partial charge is 0.303 e. The van der Waals surface area contributed by atoms with Crippen molar-refractivity contribution in [1.29, 1.82) is 0 Å². The SMILES string of the molecule is O=C(O)CCCCCCNS(=O)(=O)CCCCC(O)COc1ccc2c(c1)OCO2. The van der Waals surface area contributed by atoms with Gasteiger partial charge in [-0.3, -0.25) is 4.79 Å². The molecule has 1 heterocycles. The van der Waals surface area contributed by atoms with Gasteiger partial charge in [0.15, 0.2) is 11.5 Å². The number of aliphatic hydroxyl groups is 1. The Morgan fingerprint density at radius 3 is 2.67 bits per heavy atom. The molecule has 1 aromatic rings. The van der Waals surface area contributed by atoms with Crippen LogP contribution in [0.2, 0.25) is 0 Å². The molecule has 10 heteroatoms. The largest absolute Gasteiger partial charge is 0.491 e. The summed E-state index contributed by atoms with van der Waals surface area (Å²) < 4.78 is 42.5. The molecule has 3 N–H and O–H groups in total. The number of fused-ring (bicyclic) bond motifs is 1. The first-order valence-corrected chi connectivity index (χ1v) is 11.9. The first-order chi connectivity index (χ1) is 14.4. The van der Waals surface area contributed by atoms with Crippen molar-refractivity contribution >= 4 is 16.0 Å². The van der Waals surface area contributed by atoms with Crippen LogP contribution in [-0.4, -0.2) is 56.4 Å². The number of carbonyl (C=O) groups is 1. The highest BCUT2D eigenvalue weighted by Gasteiger charge is 2.15. The molecule has 1 aromatic carbocycles. The van der Waals surface area contributed by atoms with E-state index in [4.69, 9.17) is 19.3 Å². The van der Waals surface area contributed by atoms with E-state index in [9.17, 15) is 18.3 Å². The Balaban J connectivity index is 1.50. The van der Waals surface area contributed by atoms with Crippen molar-refractivity contribution in [3.05, 3.63) is 18.2 Å². The van der Waals surface area contributed by atoms with Gasteiger partial charge in [-0.1, -0.05) is 12.8 Å². The molecule has 9 nitrogen and oxygen atoms in total. The Labute approximate surface area is 177 Å². The van der Waals surface area contributed by atoms with Crippen molar-refractivity contribution in [1.82, 2.24) is 4.72 Å². The fraction of sp³-hybridized carbons (Fsp3) is 0.650. The van der Waals surface area contributed by atoms with Gasteiger partial charge in [0.25, 0.3) is 0 Å². The molecule has 0 saturated carbocycles. The highest BCUT2D eigenvalue weighted by molar-refractivity contribution is 7.89. The number of carboxylic acid groups (broad SMARTS) is 1. The number of hydrogen-bond donors (Lipinski definition) is 3. The Morgan fingerprint density at radius 1 is 1.10 bits per heavy atom. The summed E-state index contributed by atoms with van der Waals surface area (Å²) >= 11 is 0. The van der Waals surface area contributed by atoms with E-state index in [2.05, 4.69) is 4.72 Å². The fourth-order valence-corrected chi connectivity index (χ4v) is 4.15. The summed E-state index contributed by atoms with van der Waals surface area (Å²) in [6.07, 6.45) is 3.82. The van der Waals surface area contributed by atoms with E-state index in [0.717, 1.165) is 12.8 Å². The van der Waals surface area contributed by atoms with E-state index < -0.39 is 22.1 Å². The van der Waals surface area contributed by atoms with Crippen molar-refractivity contribution in [3.8, 4) is 17.2 Å². The molecule has 170 valence electrons. The van der Waals surface area contributed by atoms with Crippen LogP contribution in [-0.2, 0) is 14.8 Å². The molecule has 0 aromatic heterocycles. The van der Waals surface area contributed by atoms with E-state index in [1.54, 1.807) is 18.2 Å². The number of aliphatic carboxylic acids is 1. The average Bonchev–Trinajstić information content (AvgIpc) is 3.16. The summed E-state index contributed by atoms with van der Waals surface area (Å²) in [4.78, 5) is 10.4.